The molecule has 2 bridgehead atoms. The van der Waals surface area contributed by atoms with Gasteiger partial charge in [-0.15, -0.1) is 11.3 Å². The third-order valence-corrected chi connectivity index (χ3v) is 7.26. The Morgan fingerprint density at radius 2 is 2.06 bits per heavy atom. The number of thiazole rings is 1. The zero-order valence-electron chi connectivity index (χ0n) is 19.4. The number of Topliss-reactive ketones (excluding diaryl/α,β-unsaturated/α-hetero) is 1. The van der Waals surface area contributed by atoms with Crippen molar-refractivity contribution in [3.8, 4) is 0 Å². The van der Waals surface area contributed by atoms with Gasteiger partial charge in [0.15, 0.2) is 5.78 Å². The number of cyclic esters (lactones) is 1. The first-order chi connectivity index (χ1) is 16.2. The number of alkyl halides is 2. The number of esters is 1. The van der Waals surface area contributed by atoms with Crippen LogP contribution in [0, 0.1) is 11.8 Å². The second kappa shape index (κ2) is 12.0. The van der Waals surface area contributed by atoms with Crippen molar-refractivity contribution < 1.29 is 33.3 Å². The molecule has 0 aromatic carbocycles. The molecule has 5 atom stereocenters. The minimum atomic E-state index is -1.34. The van der Waals surface area contributed by atoms with E-state index in [4.69, 9.17) is 4.74 Å². The summed E-state index contributed by atoms with van der Waals surface area (Å²) < 4.78 is 32.1. The zero-order chi connectivity index (χ0) is 24.8. The number of ether oxygens (including phenoxy) is 1. The number of hydrogen-bond donors (Lipinski definition) is 2. The average molecular weight is 496 g/mol. The number of fused-ring (bicyclic) bond motifs is 1. The van der Waals surface area contributed by atoms with E-state index >= 15 is 0 Å². The predicted octanol–water partition coefficient (Wildman–Crippen LogP) is 4.27. The lowest BCUT2D eigenvalue weighted by molar-refractivity contribution is -0.149. The van der Waals surface area contributed by atoms with Crippen LogP contribution in [0.2, 0.25) is 0 Å². The van der Waals surface area contributed by atoms with Gasteiger partial charge in [0, 0.05) is 29.2 Å². The minimum absolute atomic E-state index is 0.114. The third-order valence-electron chi connectivity index (χ3n) is 6.43. The first-order valence-electron chi connectivity index (χ1n) is 11.5. The molecular weight excluding hydrogens is 464 g/mol. The van der Waals surface area contributed by atoms with Crippen molar-refractivity contribution >= 4 is 29.2 Å². The molecule has 0 amide bonds. The topological polar surface area (TPSA) is 96.7 Å². The van der Waals surface area contributed by atoms with E-state index in [1.54, 1.807) is 37.5 Å². The number of allylic oxidation sites excluding steroid dienone is 1. The summed E-state index contributed by atoms with van der Waals surface area (Å²) in [6.45, 7) is 2.04. The van der Waals surface area contributed by atoms with Gasteiger partial charge in [-0.05, 0) is 43.4 Å². The van der Waals surface area contributed by atoms with Gasteiger partial charge in [-0.3, -0.25) is 9.59 Å². The molecule has 3 rings (SSSR count). The molecule has 1 aromatic heterocycles. The molecule has 2 aliphatic rings. The Labute approximate surface area is 202 Å². The number of carbonyl (C=O) groups excluding carboxylic acids is 2. The minimum Gasteiger partial charge on any atom is -0.457 e. The average Bonchev–Trinajstić information content (AvgIpc) is 3.26. The summed E-state index contributed by atoms with van der Waals surface area (Å²) >= 11 is 1.19. The van der Waals surface area contributed by atoms with Crippen LogP contribution in [0.5, 0.6) is 0 Å². The second-order valence-electron chi connectivity index (χ2n) is 8.94. The molecule has 9 heteroatoms. The molecule has 34 heavy (non-hydrogen) atoms. The summed E-state index contributed by atoms with van der Waals surface area (Å²) in [5.74, 6) is -2.16. The van der Waals surface area contributed by atoms with Crippen LogP contribution in [0.1, 0.15) is 56.7 Å². The lowest BCUT2D eigenvalue weighted by Gasteiger charge is -2.32. The molecule has 1 aliphatic heterocycles. The van der Waals surface area contributed by atoms with E-state index in [2.05, 4.69) is 4.98 Å². The summed E-state index contributed by atoms with van der Waals surface area (Å²) in [7, 11) is 0. The second-order valence-corrected chi connectivity index (χ2v) is 9.88. The quantitative estimate of drug-likeness (QED) is 0.478. The number of nitrogens with zero attached hydrogens (tertiary/aromatic N) is 1. The number of hydrogen-bond acceptors (Lipinski definition) is 7. The number of aliphatic hydroxyl groups excluding tert-OH is 2. The van der Waals surface area contributed by atoms with E-state index in [1.807, 2.05) is 0 Å². The first-order valence-corrected chi connectivity index (χ1v) is 12.3. The van der Waals surface area contributed by atoms with E-state index in [1.165, 1.54) is 11.3 Å². The van der Waals surface area contributed by atoms with Gasteiger partial charge in [0.2, 0.25) is 0 Å². The van der Waals surface area contributed by atoms with Gasteiger partial charge in [0.05, 0.1) is 24.3 Å². The number of ketones is 1. The van der Waals surface area contributed by atoms with E-state index in [-0.39, 0.29) is 23.7 Å². The summed E-state index contributed by atoms with van der Waals surface area (Å²) in [5, 5.41) is 23.2. The van der Waals surface area contributed by atoms with Gasteiger partial charge in [0.1, 0.15) is 24.5 Å². The number of aromatic nitrogens is 1. The van der Waals surface area contributed by atoms with Gasteiger partial charge < -0.3 is 14.9 Å². The fraction of sp³-hybridized carbons (Fsp3) is 0.560. The molecule has 0 unspecified atom stereocenters. The van der Waals surface area contributed by atoms with Crippen LogP contribution in [-0.4, -0.2) is 51.9 Å². The number of rotatable bonds is 4. The number of halogens is 2. The molecule has 0 saturated heterocycles. The van der Waals surface area contributed by atoms with Crippen molar-refractivity contribution in [2.24, 2.45) is 11.8 Å². The molecule has 0 saturated carbocycles. The Morgan fingerprint density at radius 1 is 1.29 bits per heavy atom. The summed E-state index contributed by atoms with van der Waals surface area (Å²) in [6.07, 6.45) is 3.41. The van der Waals surface area contributed by atoms with Crippen LogP contribution >= 0.6 is 11.3 Å². The van der Waals surface area contributed by atoms with E-state index < -0.39 is 50.0 Å². The standard InChI is InChI=1S/C25H31F2NO5S/c1-14(8-18-13-34-22(12-27)28-18)21-7-6-16(11-26)4-3-5-17-9-19(20(29)10-23(30)33-21)25(32)15(2)24(17)31/h6,8-9,13,15,17,20-21,24,29,31H,3-5,7,10-12H2,1-2H3/b14-8+,16-6+/t15-,17-,20+,21+,24-/m1/s1. The third kappa shape index (κ3) is 6.46. The Balaban J connectivity index is 1.88. The Hall–Kier alpha value is -2.23. The van der Waals surface area contributed by atoms with Crippen LogP contribution in [0.25, 0.3) is 6.08 Å². The van der Waals surface area contributed by atoms with Crippen molar-refractivity contribution in [2.75, 3.05) is 6.67 Å². The molecule has 0 fully saturated rings. The van der Waals surface area contributed by atoms with Crippen molar-refractivity contribution in [3.63, 3.8) is 0 Å². The van der Waals surface area contributed by atoms with Crippen molar-refractivity contribution in [2.45, 2.75) is 70.9 Å². The molecule has 186 valence electrons. The summed E-state index contributed by atoms with van der Waals surface area (Å²) in [4.78, 5) is 29.5. The molecule has 0 spiro atoms. The fourth-order valence-corrected chi connectivity index (χ4v) is 4.97. The molecule has 2 heterocycles. The maximum atomic E-state index is 13.7. The van der Waals surface area contributed by atoms with Gasteiger partial charge in [-0.25, -0.2) is 13.8 Å². The lowest BCUT2D eigenvalue weighted by Crippen LogP contribution is -2.40. The first kappa shape index (κ1) is 26.4. The van der Waals surface area contributed by atoms with Crippen LogP contribution < -0.4 is 0 Å². The monoisotopic (exact) mass is 495 g/mol. The molecule has 2 N–H and O–H groups in total. The Bertz CT molecular complexity index is 986. The molecule has 6 nitrogen and oxygen atoms in total. The molecule has 0 radical (unpaired) electrons. The zero-order valence-corrected chi connectivity index (χ0v) is 20.2. The molecular formula is C25H31F2NO5S. The van der Waals surface area contributed by atoms with Crippen molar-refractivity contribution in [3.05, 3.63) is 45.0 Å². The normalized spacial score (nSPS) is 31.2. The highest BCUT2D eigenvalue weighted by Crippen LogP contribution is 2.32. The van der Waals surface area contributed by atoms with Gasteiger partial charge >= 0.3 is 5.97 Å². The fourth-order valence-electron chi connectivity index (χ4n) is 4.37. The maximum Gasteiger partial charge on any atom is 0.309 e. The summed E-state index contributed by atoms with van der Waals surface area (Å²) in [5.41, 5.74) is 1.86. The van der Waals surface area contributed by atoms with Gasteiger partial charge in [-0.1, -0.05) is 19.1 Å². The van der Waals surface area contributed by atoms with Gasteiger partial charge in [0.25, 0.3) is 0 Å². The van der Waals surface area contributed by atoms with Crippen molar-refractivity contribution in [1.82, 2.24) is 4.98 Å². The van der Waals surface area contributed by atoms with Crippen molar-refractivity contribution in [1.29, 1.82) is 0 Å². The maximum absolute atomic E-state index is 13.7. The predicted molar refractivity (Wildman–Crippen MR) is 125 cm³/mol. The van der Waals surface area contributed by atoms with Crippen LogP contribution in [0.4, 0.5) is 8.78 Å². The Morgan fingerprint density at radius 3 is 2.74 bits per heavy atom. The highest BCUT2D eigenvalue weighted by Gasteiger charge is 2.38. The lowest BCUT2D eigenvalue weighted by atomic mass is 9.76. The number of aliphatic hydroxyl groups is 2. The molecule has 1 aliphatic carbocycles. The Kier molecular flexibility index (Phi) is 9.27. The largest absolute Gasteiger partial charge is 0.457 e. The van der Waals surface area contributed by atoms with E-state index in [9.17, 15) is 28.6 Å². The SMILES string of the molecule is C/C(=C\c1csc(CF)n1)[C@@H]1C/C=C(/CF)CCC[C@@H]2C=C(C(=O)[C@H](C)[C@H]2O)[C@@H](O)CC(=O)O1. The smallest absolute Gasteiger partial charge is 0.309 e. The number of carbonyl (C=O) groups is 2. The summed E-state index contributed by atoms with van der Waals surface area (Å²) in [6, 6.07) is 0. The van der Waals surface area contributed by atoms with Gasteiger partial charge in [-0.2, -0.15) is 0 Å². The van der Waals surface area contributed by atoms with Crippen LogP contribution in [-0.2, 0) is 21.0 Å². The highest BCUT2D eigenvalue weighted by atomic mass is 32.1. The van der Waals surface area contributed by atoms with E-state index in [0.717, 1.165) is 0 Å². The van der Waals surface area contributed by atoms with Crippen LogP contribution in [0.15, 0.2) is 34.3 Å². The molecule has 1 aromatic rings. The van der Waals surface area contributed by atoms with Crippen LogP contribution in [0.3, 0.4) is 0 Å². The van der Waals surface area contributed by atoms with E-state index in [0.29, 0.717) is 41.1 Å². The highest BCUT2D eigenvalue weighted by molar-refractivity contribution is 7.09.